The Morgan fingerprint density at radius 1 is 1.32 bits per heavy atom. The number of benzene rings is 1. The van der Waals surface area contributed by atoms with Crippen molar-refractivity contribution in [3.8, 4) is 5.88 Å². The lowest BCUT2D eigenvalue weighted by atomic mass is 10.2. The number of ether oxygens (including phenoxy) is 2. The van der Waals surface area contributed by atoms with Gasteiger partial charge in [-0.1, -0.05) is 12.1 Å². The number of hydrogen-bond donors (Lipinski definition) is 1. The molecule has 0 atom stereocenters. The number of methoxy groups -OCH3 is 2. The Bertz CT molecular complexity index is 563. The van der Waals surface area contributed by atoms with Crippen LogP contribution in [0.3, 0.4) is 0 Å². The summed E-state index contributed by atoms with van der Waals surface area (Å²) >= 11 is 3.31. The van der Waals surface area contributed by atoms with Crippen molar-refractivity contribution in [3.05, 3.63) is 40.5 Å². The first-order valence-electron chi connectivity index (χ1n) is 5.64. The lowest BCUT2D eigenvalue weighted by Crippen LogP contribution is -2.00. The van der Waals surface area contributed by atoms with Crippen LogP contribution in [0, 0.1) is 0 Å². The average Bonchev–Trinajstić information content (AvgIpc) is 2.42. The van der Waals surface area contributed by atoms with Crippen molar-refractivity contribution in [2.45, 2.75) is 6.61 Å². The van der Waals surface area contributed by atoms with Gasteiger partial charge < -0.3 is 14.8 Å². The van der Waals surface area contributed by atoms with Gasteiger partial charge >= 0.3 is 0 Å². The Labute approximate surface area is 120 Å². The van der Waals surface area contributed by atoms with Crippen LogP contribution in [0.25, 0.3) is 0 Å². The van der Waals surface area contributed by atoms with E-state index in [1.165, 1.54) is 0 Å². The fraction of sp³-hybridized carbons (Fsp3) is 0.231. The van der Waals surface area contributed by atoms with Gasteiger partial charge in [0.2, 0.25) is 11.8 Å². The minimum absolute atomic E-state index is 0.481. The first kappa shape index (κ1) is 13.8. The first-order valence-corrected chi connectivity index (χ1v) is 6.43. The van der Waals surface area contributed by atoms with Crippen LogP contribution in [0.4, 0.5) is 11.6 Å². The van der Waals surface area contributed by atoms with Crippen molar-refractivity contribution in [1.82, 2.24) is 9.97 Å². The van der Waals surface area contributed by atoms with E-state index in [1.54, 1.807) is 20.4 Å². The van der Waals surface area contributed by atoms with Gasteiger partial charge in [-0.2, -0.15) is 4.98 Å². The largest absolute Gasteiger partial charge is 0.480 e. The SMILES string of the molecule is COCc1cccc(Nc2ncc(Br)c(OC)n2)c1. The molecule has 0 aliphatic carbocycles. The maximum Gasteiger partial charge on any atom is 0.232 e. The summed E-state index contributed by atoms with van der Waals surface area (Å²) in [4.78, 5) is 8.42. The summed E-state index contributed by atoms with van der Waals surface area (Å²) in [7, 11) is 3.24. The van der Waals surface area contributed by atoms with Crippen LogP contribution in [-0.2, 0) is 11.3 Å². The lowest BCUT2D eigenvalue weighted by Gasteiger charge is -2.08. The van der Waals surface area contributed by atoms with E-state index in [0.717, 1.165) is 11.3 Å². The van der Waals surface area contributed by atoms with Crippen LogP contribution in [0.1, 0.15) is 5.56 Å². The third-order valence-electron chi connectivity index (χ3n) is 2.40. The van der Waals surface area contributed by atoms with E-state index in [2.05, 4.69) is 31.2 Å². The van der Waals surface area contributed by atoms with Gasteiger partial charge in [-0.25, -0.2) is 4.98 Å². The molecule has 5 nitrogen and oxygen atoms in total. The molecule has 0 unspecified atom stereocenters. The molecular weight excluding hydrogens is 310 g/mol. The van der Waals surface area contributed by atoms with Gasteiger partial charge in [0.25, 0.3) is 0 Å². The van der Waals surface area contributed by atoms with E-state index in [1.807, 2.05) is 24.3 Å². The highest BCUT2D eigenvalue weighted by atomic mass is 79.9. The number of anilines is 2. The predicted octanol–water partition coefficient (Wildman–Crippen LogP) is 3.14. The van der Waals surface area contributed by atoms with Crippen molar-refractivity contribution in [3.63, 3.8) is 0 Å². The van der Waals surface area contributed by atoms with Crippen LogP contribution >= 0.6 is 15.9 Å². The fourth-order valence-corrected chi connectivity index (χ4v) is 1.94. The van der Waals surface area contributed by atoms with Gasteiger partial charge in [-0.05, 0) is 33.6 Å². The normalized spacial score (nSPS) is 10.3. The number of nitrogens with zero attached hydrogens (tertiary/aromatic N) is 2. The van der Waals surface area contributed by atoms with Gasteiger partial charge in [0, 0.05) is 12.8 Å². The van der Waals surface area contributed by atoms with Crippen molar-refractivity contribution in [1.29, 1.82) is 0 Å². The van der Waals surface area contributed by atoms with E-state index in [4.69, 9.17) is 9.47 Å². The molecule has 6 heteroatoms. The zero-order valence-electron chi connectivity index (χ0n) is 10.7. The molecule has 0 saturated carbocycles. The summed E-state index contributed by atoms with van der Waals surface area (Å²) in [6.07, 6.45) is 1.65. The number of halogens is 1. The number of aromatic nitrogens is 2. The Kier molecular flexibility index (Phi) is 4.70. The smallest absolute Gasteiger partial charge is 0.232 e. The van der Waals surface area contributed by atoms with Crippen LogP contribution in [-0.4, -0.2) is 24.2 Å². The fourth-order valence-electron chi connectivity index (χ4n) is 1.59. The van der Waals surface area contributed by atoms with Crippen LogP contribution in [0.2, 0.25) is 0 Å². The van der Waals surface area contributed by atoms with Crippen molar-refractivity contribution in [2.24, 2.45) is 0 Å². The Morgan fingerprint density at radius 2 is 2.16 bits per heavy atom. The molecule has 1 aromatic heterocycles. The van der Waals surface area contributed by atoms with E-state index in [0.29, 0.717) is 22.9 Å². The molecule has 0 radical (unpaired) electrons. The zero-order valence-corrected chi connectivity index (χ0v) is 12.3. The van der Waals surface area contributed by atoms with E-state index in [-0.39, 0.29) is 0 Å². The highest BCUT2D eigenvalue weighted by molar-refractivity contribution is 9.10. The third kappa shape index (κ3) is 3.65. The molecular formula is C13H14BrN3O2. The van der Waals surface area contributed by atoms with Gasteiger partial charge in [-0.15, -0.1) is 0 Å². The molecule has 100 valence electrons. The standard InChI is InChI=1S/C13H14BrN3O2/c1-18-8-9-4-3-5-10(6-9)16-13-15-7-11(14)12(17-13)19-2/h3-7H,8H2,1-2H3,(H,15,16,17). The Morgan fingerprint density at radius 3 is 2.89 bits per heavy atom. The van der Waals surface area contributed by atoms with E-state index in [9.17, 15) is 0 Å². The van der Waals surface area contributed by atoms with E-state index >= 15 is 0 Å². The van der Waals surface area contributed by atoms with Gasteiger partial charge in [0.1, 0.15) is 0 Å². The molecule has 0 bridgehead atoms. The van der Waals surface area contributed by atoms with Crippen molar-refractivity contribution < 1.29 is 9.47 Å². The second kappa shape index (κ2) is 6.49. The molecule has 0 spiro atoms. The number of nitrogens with one attached hydrogen (secondary N) is 1. The average molecular weight is 324 g/mol. The van der Waals surface area contributed by atoms with E-state index < -0.39 is 0 Å². The molecule has 0 aliphatic heterocycles. The van der Waals surface area contributed by atoms with Gasteiger partial charge in [-0.3, -0.25) is 0 Å². The predicted molar refractivity (Wildman–Crippen MR) is 76.7 cm³/mol. The van der Waals surface area contributed by atoms with Crippen LogP contribution in [0.5, 0.6) is 5.88 Å². The Hall–Kier alpha value is -1.66. The molecule has 0 saturated heterocycles. The minimum atomic E-state index is 0.481. The molecule has 0 fully saturated rings. The highest BCUT2D eigenvalue weighted by Gasteiger charge is 2.05. The molecule has 1 aromatic carbocycles. The Balaban J connectivity index is 2.18. The highest BCUT2D eigenvalue weighted by Crippen LogP contribution is 2.23. The minimum Gasteiger partial charge on any atom is -0.480 e. The molecule has 19 heavy (non-hydrogen) atoms. The first-order chi connectivity index (χ1) is 9.22. The maximum atomic E-state index is 5.13. The molecule has 1 N–H and O–H groups in total. The van der Waals surface area contributed by atoms with Crippen molar-refractivity contribution >= 4 is 27.6 Å². The van der Waals surface area contributed by atoms with Crippen LogP contribution < -0.4 is 10.1 Å². The molecule has 2 aromatic rings. The van der Waals surface area contributed by atoms with Crippen LogP contribution in [0.15, 0.2) is 34.9 Å². The summed E-state index contributed by atoms with van der Waals surface area (Å²) in [6, 6.07) is 7.88. The van der Waals surface area contributed by atoms with Gasteiger partial charge in [0.15, 0.2) is 0 Å². The summed E-state index contributed by atoms with van der Waals surface area (Å²) in [5.74, 6) is 0.972. The summed E-state index contributed by atoms with van der Waals surface area (Å²) in [5.41, 5.74) is 1.98. The molecule has 0 amide bonds. The quantitative estimate of drug-likeness (QED) is 0.916. The summed E-state index contributed by atoms with van der Waals surface area (Å²) in [5, 5.41) is 3.13. The monoisotopic (exact) mass is 323 g/mol. The summed E-state index contributed by atoms with van der Waals surface area (Å²) in [6.45, 7) is 0.569. The number of rotatable bonds is 5. The molecule has 0 aliphatic rings. The second-order valence-electron chi connectivity index (χ2n) is 3.81. The lowest BCUT2D eigenvalue weighted by molar-refractivity contribution is 0.185. The number of hydrogen-bond acceptors (Lipinski definition) is 5. The molecule has 1 heterocycles. The van der Waals surface area contributed by atoms with Gasteiger partial charge in [0.05, 0.1) is 24.4 Å². The zero-order chi connectivity index (χ0) is 13.7. The van der Waals surface area contributed by atoms with Crippen molar-refractivity contribution in [2.75, 3.05) is 19.5 Å². The summed E-state index contributed by atoms with van der Waals surface area (Å²) < 4.78 is 10.9. The second-order valence-corrected chi connectivity index (χ2v) is 4.66. The topological polar surface area (TPSA) is 56.3 Å². The maximum absolute atomic E-state index is 5.13. The molecule has 2 rings (SSSR count). The third-order valence-corrected chi connectivity index (χ3v) is 2.94.